The number of hydrogen-bond donors (Lipinski definition) is 1. The predicted octanol–water partition coefficient (Wildman–Crippen LogP) is 6.42. The summed E-state index contributed by atoms with van der Waals surface area (Å²) in [5.41, 5.74) is 2.98. The highest BCUT2D eigenvalue weighted by molar-refractivity contribution is 8.00. The van der Waals surface area contributed by atoms with Crippen molar-refractivity contribution in [3.63, 3.8) is 0 Å². The highest BCUT2D eigenvalue weighted by Crippen LogP contribution is 2.49. The van der Waals surface area contributed by atoms with Gasteiger partial charge in [-0.3, -0.25) is 14.5 Å². The largest absolute Gasteiger partial charge is 0.354 e. The average Bonchev–Trinajstić information content (AvgIpc) is 3.17. The molecule has 1 aliphatic rings. The van der Waals surface area contributed by atoms with Crippen LogP contribution in [0.5, 0.6) is 0 Å². The fourth-order valence-corrected chi connectivity index (χ4v) is 6.04. The topological polar surface area (TPSA) is 67.2 Å². The first-order chi connectivity index (χ1) is 17.5. The molecule has 3 aromatic rings. The highest BCUT2D eigenvalue weighted by Gasteiger charge is 2.40. The summed E-state index contributed by atoms with van der Waals surface area (Å²) in [4.78, 5) is 28.2. The van der Waals surface area contributed by atoms with Gasteiger partial charge in [0.15, 0.2) is 0 Å². The first-order valence-electron chi connectivity index (χ1n) is 12.3. The predicted molar refractivity (Wildman–Crippen MR) is 153 cm³/mol. The summed E-state index contributed by atoms with van der Waals surface area (Å²) >= 11 is 14.6. The Hall–Kier alpha value is -2.48. The minimum Gasteiger partial charge on any atom is -0.354 e. The SMILES string of the molecule is CC(C)CNC(=O)CN1C(=O)CSC(c2ccccc2Cl)c2c(C(C)(C)C)nn(-c3cccc(Cl)c3)c21. The Kier molecular flexibility index (Phi) is 8.26. The third-order valence-corrected chi connectivity index (χ3v) is 7.86. The molecule has 196 valence electrons. The van der Waals surface area contributed by atoms with Gasteiger partial charge in [0.2, 0.25) is 11.8 Å². The Balaban J connectivity index is 1.99. The Labute approximate surface area is 232 Å². The van der Waals surface area contributed by atoms with Gasteiger partial charge in [0.25, 0.3) is 0 Å². The van der Waals surface area contributed by atoms with Crippen molar-refractivity contribution in [3.8, 4) is 5.69 Å². The van der Waals surface area contributed by atoms with Crippen LogP contribution in [0.2, 0.25) is 10.0 Å². The zero-order valence-electron chi connectivity index (χ0n) is 21.7. The molecule has 0 saturated carbocycles. The van der Waals surface area contributed by atoms with Gasteiger partial charge in [0.1, 0.15) is 12.4 Å². The molecule has 6 nitrogen and oxygen atoms in total. The van der Waals surface area contributed by atoms with E-state index in [-0.39, 0.29) is 34.8 Å². The minimum atomic E-state index is -0.354. The van der Waals surface area contributed by atoms with Gasteiger partial charge < -0.3 is 5.32 Å². The van der Waals surface area contributed by atoms with Crippen LogP contribution in [-0.2, 0) is 15.0 Å². The number of rotatable bonds is 6. The van der Waals surface area contributed by atoms with E-state index in [4.69, 9.17) is 28.3 Å². The molecule has 0 fully saturated rings. The van der Waals surface area contributed by atoms with E-state index < -0.39 is 0 Å². The van der Waals surface area contributed by atoms with Crippen molar-refractivity contribution in [2.24, 2.45) is 5.92 Å². The zero-order valence-corrected chi connectivity index (χ0v) is 24.0. The lowest BCUT2D eigenvalue weighted by Gasteiger charge is -2.25. The molecule has 2 aromatic carbocycles. The van der Waals surface area contributed by atoms with E-state index in [2.05, 4.69) is 26.1 Å². The fraction of sp³-hybridized carbons (Fsp3) is 0.393. The van der Waals surface area contributed by atoms with E-state index in [0.29, 0.717) is 34.0 Å². The number of hydrogen-bond acceptors (Lipinski definition) is 4. The third-order valence-electron chi connectivity index (χ3n) is 6.05. The number of benzene rings is 2. The second-order valence-electron chi connectivity index (χ2n) is 10.6. The zero-order chi connectivity index (χ0) is 26.9. The Bertz CT molecular complexity index is 1320. The molecule has 1 N–H and O–H groups in total. The first-order valence-corrected chi connectivity index (χ1v) is 14.1. The molecule has 1 unspecified atom stereocenters. The summed E-state index contributed by atoms with van der Waals surface area (Å²) in [7, 11) is 0. The molecular formula is C28H32Cl2N4O2S. The average molecular weight is 560 g/mol. The Morgan fingerprint density at radius 3 is 2.54 bits per heavy atom. The molecule has 2 amide bonds. The number of amides is 2. The highest BCUT2D eigenvalue weighted by atomic mass is 35.5. The van der Waals surface area contributed by atoms with Crippen molar-refractivity contribution in [3.05, 3.63) is 75.4 Å². The normalized spacial score (nSPS) is 16.1. The van der Waals surface area contributed by atoms with Crippen LogP contribution in [0.4, 0.5) is 5.82 Å². The summed E-state index contributed by atoms with van der Waals surface area (Å²) in [6.45, 7) is 10.8. The quantitative estimate of drug-likeness (QED) is 0.379. The summed E-state index contributed by atoms with van der Waals surface area (Å²) in [5.74, 6) is 0.687. The molecule has 0 bridgehead atoms. The number of nitrogens with one attached hydrogen (secondary N) is 1. The van der Waals surface area contributed by atoms with E-state index in [1.54, 1.807) is 15.6 Å². The van der Waals surface area contributed by atoms with Gasteiger partial charge in [-0.2, -0.15) is 5.10 Å². The molecule has 1 atom stereocenters. The molecular weight excluding hydrogens is 527 g/mol. The van der Waals surface area contributed by atoms with E-state index in [1.807, 2.05) is 56.3 Å². The van der Waals surface area contributed by atoms with Gasteiger partial charge in [0, 0.05) is 27.6 Å². The van der Waals surface area contributed by atoms with Crippen LogP contribution < -0.4 is 10.2 Å². The lowest BCUT2D eigenvalue weighted by atomic mass is 9.87. The van der Waals surface area contributed by atoms with Crippen molar-refractivity contribution in [2.75, 3.05) is 23.7 Å². The van der Waals surface area contributed by atoms with Crippen LogP contribution in [-0.4, -0.2) is 40.4 Å². The van der Waals surface area contributed by atoms with Crippen LogP contribution in [0.3, 0.4) is 0 Å². The number of carbonyl (C=O) groups is 2. The summed E-state index contributed by atoms with van der Waals surface area (Å²) in [6, 6.07) is 15.0. The van der Waals surface area contributed by atoms with E-state index in [1.165, 1.54) is 11.8 Å². The number of anilines is 1. The number of nitrogens with zero attached hydrogens (tertiary/aromatic N) is 3. The molecule has 2 heterocycles. The van der Waals surface area contributed by atoms with Crippen LogP contribution in [0.25, 0.3) is 5.69 Å². The van der Waals surface area contributed by atoms with E-state index in [9.17, 15) is 9.59 Å². The lowest BCUT2D eigenvalue weighted by Crippen LogP contribution is -2.43. The number of carbonyl (C=O) groups excluding carboxylic acids is 2. The Morgan fingerprint density at radius 1 is 1.16 bits per heavy atom. The Morgan fingerprint density at radius 2 is 1.89 bits per heavy atom. The van der Waals surface area contributed by atoms with Crippen molar-refractivity contribution in [2.45, 2.75) is 45.3 Å². The van der Waals surface area contributed by atoms with Crippen molar-refractivity contribution in [1.29, 1.82) is 0 Å². The van der Waals surface area contributed by atoms with Gasteiger partial charge in [-0.05, 0) is 35.7 Å². The number of aromatic nitrogens is 2. The number of fused-ring (bicyclic) bond motifs is 1. The second-order valence-corrected chi connectivity index (χ2v) is 12.6. The maximum absolute atomic E-state index is 13.6. The smallest absolute Gasteiger partial charge is 0.240 e. The van der Waals surface area contributed by atoms with Crippen LogP contribution in [0.15, 0.2) is 48.5 Å². The van der Waals surface area contributed by atoms with E-state index >= 15 is 0 Å². The van der Waals surface area contributed by atoms with Crippen LogP contribution >= 0.6 is 35.0 Å². The minimum absolute atomic E-state index is 0.107. The van der Waals surface area contributed by atoms with Gasteiger partial charge in [0.05, 0.1) is 22.4 Å². The molecule has 0 radical (unpaired) electrons. The summed E-state index contributed by atoms with van der Waals surface area (Å²) < 4.78 is 1.76. The monoisotopic (exact) mass is 558 g/mol. The first kappa shape index (κ1) is 27.6. The molecule has 37 heavy (non-hydrogen) atoms. The molecule has 0 aliphatic carbocycles. The third kappa shape index (κ3) is 6.00. The van der Waals surface area contributed by atoms with Gasteiger partial charge in [-0.15, -0.1) is 11.8 Å². The maximum Gasteiger partial charge on any atom is 0.240 e. The van der Waals surface area contributed by atoms with Crippen molar-refractivity contribution >= 4 is 52.6 Å². The molecule has 0 saturated heterocycles. The van der Waals surface area contributed by atoms with Gasteiger partial charge in [-0.25, -0.2) is 4.68 Å². The van der Waals surface area contributed by atoms with Crippen LogP contribution in [0.1, 0.15) is 56.7 Å². The van der Waals surface area contributed by atoms with Gasteiger partial charge in [-0.1, -0.05) is 82.1 Å². The fourth-order valence-electron chi connectivity index (χ4n) is 4.31. The summed E-state index contributed by atoms with van der Waals surface area (Å²) in [5, 5.41) is 8.93. The maximum atomic E-state index is 13.6. The summed E-state index contributed by atoms with van der Waals surface area (Å²) in [6.07, 6.45) is 0. The molecule has 1 aliphatic heterocycles. The molecule has 0 spiro atoms. The number of thioether (sulfide) groups is 1. The lowest BCUT2D eigenvalue weighted by molar-refractivity contribution is -0.123. The second kappa shape index (κ2) is 11.1. The molecule has 4 rings (SSSR count). The molecule has 1 aromatic heterocycles. The van der Waals surface area contributed by atoms with Crippen LogP contribution in [0, 0.1) is 5.92 Å². The van der Waals surface area contributed by atoms with Crippen molar-refractivity contribution < 1.29 is 9.59 Å². The van der Waals surface area contributed by atoms with Crippen molar-refractivity contribution in [1.82, 2.24) is 15.1 Å². The number of halogens is 2. The van der Waals surface area contributed by atoms with Gasteiger partial charge >= 0.3 is 0 Å². The standard InChI is InChI=1S/C28H32Cl2N4O2S/c1-17(2)14-31-22(35)15-33-23(36)16-37-25(20-11-6-7-12-21(20)30)24-26(28(3,4)5)32-34(27(24)33)19-10-8-9-18(29)13-19/h6-13,17,25H,14-16H2,1-5H3,(H,31,35). The van der Waals surface area contributed by atoms with E-state index in [0.717, 1.165) is 16.8 Å². The molecule has 9 heteroatoms.